The summed E-state index contributed by atoms with van der Waals surface area (Å²) < 4.78 is 16.6. The molecule has 2 nitrogen and oxygen atoms in total. The lowest BCUT2D eigenvalue weighted by molar-refractivity contribution is 0.332. The second-order valence-electron chi connectivity index (χ2n) is 3.95. The van der Waals surface area contributed by atoms with Gasteiger partial charge < -0.3 is 0 Å². The third kappa shape index (κ3) is 12.0. The van der Waals surface area contributed by atoms with Gasteiger partial charge in [-0.05, 0) is 12.8 Å². The summed E-state index contributed by atoms with van der Waals surface area (Å²) in [5, 5.41) is 0. The van der Waals surface area contributed by atoms with Gasteiger partial charge in [-0.15, -0.1) is 0 Å². The predicted molar refractivity (Wildman–Crippen MR) is 67.2 cm³/mol. The molecule has 0 spiro atoms. The molecule has 1 unspecified atom stereocenters. The molecule has 1 atom stereocenters. The van der Waals surface area contributed by atoms with Crippen LogP contribution in [0.25, 0.3) is 0 Å². The number of hydrogen-bond acceptors (Lipinski definition) is 2. The van der Waals surface area contributed by atoms with Crippen molar-refractivity contribution >= 4 is 11.1 Å². The van der Waals surface area contributed by atoms with E-state index in [0.29, 0.717) is 12.4 Å². The first-order valence-corrected chi connectivity index (χ1v) is 7.57. The van der Waals surface area contributed by atoms with E-state index >= 15 is 0 Å². The minimum Gasteiger partial charge on any atom is -0.291 e. The van der Waals surface area contributed by atoms with E-state index in [2.05, 4.69) is 13.8 Å². The zero-order chi connectivity index (χ0) is 11.4. The summed E-state index contributed by atoms with van der Waals surface area (Å²) in [5.41, 5.74) is 0. The van der Waals surface area contributed by atoms with Crippen LogP contribution in [0.3, 0.4) is 0 Å². The van der Waals surface area contributed by atoms with Gasteiger partial charge >= 0.3 is 0 Å². The highest BCUT2D eigenvalue weighted by atomic mass is 32.2. The fraction of sp³-hybridized carbons (Fsp3) is 1.00. The van der Waals surface area contributed by atoms with Crippen molar-refractivity contribution in [3.63, 3.8) is 0 Å². The third-order valence-electron chi connectivity index (χ3n) is 2.38. The Morgan fingerprint density at radius 3 is 2.07 bits per heavy atom. The molecule has 0 aliphatic carbocycles. The van der Waals surface area contributed by atoms with Crippen molar-refractivity contribution in [3.8, 4) is 0 Å². The highest BCUT2D eigenvalue weighted by Crippen LogP contribution is 2.03. The quantitative estimate of drug-likeness (QED) is 0.508. The largest absolute Gasteiger partial charge is 0.291 e. The standard InChI is InChI=1S/C12H26O2S/c1-3-5-7-9-11-14-15(13)12-10-8-6-4-2/h3-12H2,1-2H3. The van der Waals surface area contributed by atoms with E-state index in [9.17, 15) is 4.21 Å². The molecule has 3 heteroatoms. The lowest BCUT2D eigenvalue weighted by Crippen LogP contribution is -2.03. The number of hydrogen-bond donors (Lipinski definition) is 0. The van der Waals surface area contributed by atoms with Gasteiger partial charge in [0.2, 0.25) is 0 Å². The van der Waals surface area contributed by atoms with Crippen LogP contribution in [-0.2, 0) is 15.3 Å². The molecule has 0 aromatic rings. The molecule has 0 aliphatic rings. The summed E-state index contributed by atoms with van der Waals surface area (Å²) in [6.07, 6.45) is 9.43. The SMILES string of the molecule is CCCCCCOS(=O)CCCCCC. The van der Waals surface area contributed by atoms with Crippen LogP contribution in [0.2, 0.25) is 0 Å². The summed E-state index contributed by atoms with van der Waals surface area (Å²) in [4.78, 5) is 0. The molecule has 0 saturated heterocycles. The Labute approximate surface area is 97.5 Å². The van der Waals surface area contributed by atoms with Crippen molar-refractivity contribution in [1.29, 1.82) is 0 Å². The van der Waals surface area contributed by atoms with Crippen LogP contribution in [0, 0.1) is 0 Å². The van der Waals surface area contributed by atoms with Crippen molar-refractivity contribution in [2.24, 2.45) is 0 Å². The first-order chi connectivity index (χ1) is 7.31. The molecule has 0 bridgehead atoms. The highest BCUT2D eigenvalue weighted by molar-refractivity contribution is 7.80. The van der Waals surface area contributed by atoms with E-state index in [1.807, 2.05) is 0 Å². The van der Waals surface area contributed by atoms with Gasteiger partial charge in [0, 0.05) is 5.75 Å². The molecular weight excluding hydrogens is 208 g/mol. The Bertz CT molecular complexity index is 149. The van der Waals surface area contributed by atoms with Gasteiger partial charge in [-0.1, -0.05) is 52.4 Å². The molecule has 0 heterocycles. The first kappa shape index (κ1) is 15.1. The van der Waals surface area contributed by atoms with E-state index in [0.717, 1.165) is 12.8 Å². The number of unbranched alkanes of at least 4 members (excludes halogenated alkanes) is 6. The minimum atomic E-state index is -1.03. The maximum atomic E-state index is 11.3. The van der Waals surface area contributed by atoms with Gasteiger partial charge in [0.1, 0.15) is 0 Å². The van der Waals surface area contributed by atoms with E-state index in [4.69, 9.17) is 4.18 Å². The lowest BCUT2D eigenvalue weighted by atomic mass is 10.2. The van der Waals surface area contributed by atoms with Crippen molar-refractivity contribution in [2.45, 2.75) is 65.2 Å². The molecule has 0 amide bonds. The van der Waals surface area contributed by atoms with Crippen molar-refractivity contribution in [2.75, 3.05) is 12.4 Å². The van der Waals surface area contributed by atoms with Gasteiger partial charge in [-0.25, -0.2) is 4.21 Å². The second-order valence-corrected chi connectivity index (χ2v) is 5.20. The Balaban J connectivity index is 3.11. The van der Waals surface area contributed by atoms with Gasteiger partial charge in [-0.2, -0.15) is 0 Å². The molecule has 15 heavy (non-hydrogen) atoms. The third-order valence-corrected chi connectivity index (χ3v) is 3.43. The van der Waals surface area contributed by atoms with E-state index in [1.165, 1.54) is 38.5 Å². The lowest BCUT2D eigenvalue weighted by Gasteiger charge is -2.03. The number of rotatable bonds is 11. The smallest absolute Gasteiger partial charge is 0.155 e. The minimum absolute atomic E-state index is 0.667. The van der Waals surface area contributed by atoms with E-state index < -0.39 is 11.1 Å². The molecule has 0 rings (SSSR count). The maximum absolute atomic E-state index is 11.3. The average Bonchev–Trinajstić information content (AvgIpc) is 2.24. The molecule has 0 aliphatic heterocycles. The molecule has 0 N–H and O–H groups in total. The summed E-state index contributed by atoms with van der Waals surface area (Å²) in [5.74, 6) is 0.716. The maximum Gasteiger partial charge on any atom is 0.155 e. The molecular formula is C12H26O2S. The predicted octanol–water partition coefficient (Wildman–Crippen LogP) is 3.83. The van der Waals surface area contributed by atoms with Crippen LogP contribution in [0.1, 0.15) is 65.2 Å². The fourth-order valence-electron chi connectivity index (χ4n) is 1.39. The van der Waals surface area contributed by atoms with Crippen LogP contribution in [0.15, 0.2) is 0 Å². The summed E-state index contributed by atoms with van der Waals surface area (Å²) in [6.45, 7) is 5.04. The Morgan fingerprint density at radius 2 is 1.47 bits per heavy atom. The Hall–Kier alpha value is 0.110. The molecule has 0 saturated carbocycles. The van der Waals surface area contributed by atoms with Gasteiger partial charge in [0.25, 0.3) is 0 Å². The zero-order valence-electron chi connectivity index (χ0n) is 10.3. The fourth-order valence-corrected chi connectivity index (χ4v) is 2.25. The summed E-state index contributed by atoms with van der Waals surface area (Å²) in [6, 6.07) is 0. The highest BCUT2D eigenvalue weighted by Gasteiger charge is 1.99. The van der Waals surface area contributed by atoms with Crippen LogP contribution < -0.4 is 0 Å². The molecule has 0 aromatic carbocycles. The molecule has 92 valence electrons. The van der Waals surface area contributed by atoms with Crippen molar-refractivity contribution < 1.29 is 8.39 Å². The Kier molecular flexibility index (Phi) is 12.3. The monoisotopic (exact) mass is 234 g/mol. The van der Waals surface area contributed by atoms with Crippen LogP contribution >= 0.6 is 0 Å². The van der Waals surface area contributed by atoms with Crippen molar-refractivity contribution in [1.82, 2.24) is 0 Å². The molecule has 0 radical (unpaired) electrons. The summed E-state index contributed by atoms with van der Waals surface area (Å²) >= 11 is -1.03. The van der Waals surface area contributed by atoms with Gasteiger partial charge in [0.05, 0.1) is 6.61 Å². The van der Waals surface area contributed by atoms with Crippen LogP contribution in [0.4, 0.5) is 0 Å². The van der Waals surface area contributed by atoms with Gasteiger partial charge in [0.15, 0.2) is 11.1 Å². The Morgan fingerprint density at radius 1 is 0.867 bits per heavy atom. The molecule has 0 aromatic heterocycles. The van der Waals surface area contributed by atoms with Crippen molar-refractivity contribution in [3.05, 3.63) is 0 Å². The van der Waals surface area contributed by atoms with E-state index in [1.54, 1.807) is 0 Å². The second kappa shape index (κ2) is 12.2. The van der Waals surface area contributed by atoms with E-state index in [-0.39, 0.29) is 0 Å². The van der Waals surface area contributed by atoms with Crippen LogP contribution in [0.5, 0.6) is 0 Å². The van der Waals surface area contributed by atoms with Gasteiger partial charge in [-0.3, -0.25) is 4.18 Å². The zero-order valence-corrected chi connectivity index (χ0v) is 11.1. The molecule has 0 fully saturated rings. The first-order valence-electron chi connectivity index (χ1n) is 6.32. The van der Waals surface area contributed by atoms with Crippen LogP contribution in [-0.4, -0.2) is 16.6 Å². The normalized spacial score (nSPS) is 12.9. The summed E-state index contributed by atoms with van der Waals surface area (Å²) in [7, 11) is 0. The average molecular weight is 234 g/mol. The topological polar surface area (TPSA) is 26.3 Å².